The second-order valence-corrected chi connectivity index (χ2v) is 8.71. The molecule has 170 valence electrons. The van der Waals surface area contributed by atoms with Crippen molar-refractivity contribution >= 4 is 5.91 Å². The van der Waals surface area contributed by atoms with Gasteiger partial charge in [0.25, 0.3) is 11.8 Å². The van der Waals surface area contributed by atoms with Gasteiger partial charge in [-0.1, -0.05) is 38.1 Å². The van der Waals surface area contributed by atoms with E-state index in [1.54, 1.807) is 36.5 Å². The van der Waals surface area contributed by atoms with Crippen molar-refractivity contribution in [1.82, 2.24) is 30.0 Å². The van der Waals surface area contributed by atoms with Gasteiger partial charge in [0.2, 0.25) is 0 Å². The zero-order chi connectivity index (χ0) is 23.6. The summed E-state index contributed by atoms with van der Waals surface area (Å²) in [5.74, 6) is 2.11. The smallest absolute Gasteiger partial charge is 0.271 e. The lowest BCUT2D eigenvalue weighted by Crippen LogP contribution is -2.26. The van der Waals surface area contributed by atoms with Crippen LogP contribution in [0.25, 0.3) is 17.3 Å². The van der Waals surface area contributed by atoms with E-state index in [4.69, 9.17) is 9.26 Å². The Morgan fingerprint density at radius 2 is 1.91 bits per heavy atom. The third-order valence-corrected chi connectivity index (χ3v) is 5.13. The fourth-order valence-corrected chi connectivity index (χ4v) is 3.15. The Balaban J connectivity index is 1.49. The number of imidazole rings is 1. The maximum atomic E-state index is 12.7. The number of ether oxygens (including phenoxy) is 1. The molecule has 1 amide bonds. The number of amides is 1. The SMILES string of the molecule is COc1ccc([C@@H](C)NC(=O)c2cn(-c3cc(-c4nc(C(C)(C)C)no4)ccn3)cn2)cc1. The molecule has 1 N–H and O–H groups in total. The van der Waals surface area contributed by atoms with Crippen LogP contribution in [0.4, 0.5) is 0 Å². The van der Waals surface area contributed by atoms with Crippen LogP contribution in [0.2, 0.25) is 0 Å². The van der Waals surface area contributed by atoms with Crippen molar-refractivity contribution in [2.45, 2.75) is 39.2 Å². The monoisotopic (exact) mass is 446 g/mol. The molecule has 0 unspecified atom stereocenters. The summed E-state index contributed by atoms with van der Waals surface area (Å²) < 4.78 is 12.3. The molecule has 0 saturated carbocycles. The minimum Gasteiger partial charge on any atom is -0.497 e. The number of carbonyl (C=O) groups excluding carboxylic acids is 1. The molecule has 0 bridgehead atoms. The van der Waals surface area contributed by atoms with Gasteiger partial charge in [-0.15, -0.1) is 0 Å². The molecule has 0 aliphatic rings. The number of pyridine rings is 1. The highest BCUT2D eigenvalue weighted by Gasteiger charge is 2.22. The fraction of sp³-hybridized carbons (Fsp3) is 0.292. The molecule has 9 nitrogen and oxygen atoms in total. The van der Waals surface area contributed by atoms with Gasteiger partial charge in [-0.3, -0.25) is 9.36 Å². The average molecular weight is 447 g/mol. The summed E-state index contributed by atoms with van der Waals surface area (Å²) >= 11 is 0. The molecule has 0 aliphatic carbocycles. The Hall–Kier alpha value is -4.01. The molecule has 0 radical (unpaired) electrons. The van der Waals surface area contributed by atoms with Crippen molar-refractivity contribution in [2.24, 2.45) is 0 Å². The average Bonchev–Trinajstić information content (AvgIpc) is 3.49. The summed E-state index contributed by atoms with van der Waals surface area (Å²) in [6.07, 6.45) is 4.83. The van der Waals surface area contributed by atoms with E-state index in [1.165, 1.54) is 0 Å². The van der Waals surface area contributed by atoms with Crippen molar-refractivity contribution in [2.75, 3.05) is 7.11 Å². The topological polar surface area (TPSA) is 108 Å². The summed E-state index contributed by atoms with van der Waals surface area (Å²) in [6, 6.07) is 11.0. The van der Waals surface area contributed by atoms with E-state index in [9.17, 15) is 4.79 Å². The minimum atomic E-state index is -0.278. The zero-order valence-electron chi connectivity index (χ0n) is 19.2. The van der Waals surface area contributed by atoms with Crippen molar-refractivity contribution in [3.8, 4) is 23.0 Å². The Labute approximate surface area is 191 Å². The van der Waals surface area contributed by atoms with Crippen molar-refractivity contribution in [1.29, 1.82) is 0 Å². The van der Waals surface area contributed by atoms with Crippen LogP contribution in [0, 0.1) is 0 Å². The number of aromatic nitrogens is 5. The maximum Gasteiger partial charge on any atom is 0.271 e. The van der Waals surface area contributed by atoms with E-state index in [2.05, 4.69) is 25.4 Å². The van der Waals surface area contributed by atoms with Crippen LogP contribution >= 0.6 is 0 Å². The highest BCUT2D eigenvalue weighted by molar-refractivity contribution is 5.92. The standard InChI is InChI=1S/C24H26N6O3/c1-15(16-6-8-18(32-5)9-7-16)27-21(31)19-13-30(14-26-19)20-12-17(10-11-25-20)22-28-23(29-33-22)24(2,3)4/h6-15H,1-5H3,(H,27,31)/t15-/m1/s1. The highest BCUT2D eigenvalue weighted by Crippen LogP contribution is 2.24. The number of carbonyl (C=O) groups is 1. The second-order valence-electron chi connectivity index (χ2n) is 8.71. The van der Waals surface area contributed by atoms with Gasteiger partial charge < -0.3 is 14.6 Å². The van der Waals surface area contributed by atoms with E-state index >= 15 is 0 Å². The molecule has 4 rings (SSSR count). The number of benzene rings is 1. The van der Waals surface area contributed by atoms with Gasteiger partial charge in [-0.2, -0.15) is 4.98 Å². The molecule has 4 aromatic rings. The van der Waals surface area contributed by atoms with Crippen LogP contribution in [0.15, 0.2) is 59.6 Å². The summed E-state index contributed by atoms with van der Waals surface area (Å²) in [7, 11) is 1.62. The van der Waals surface area contributed by atoms with E-state index in [1.807, 2.05) is 58.0 Å². The van der Waals surface area contributed by atoms with E-state index < -0.39 is 0 Å². The Morgan fingerprint density at radius 3 is 2.58 bits per heavy atom. The van der Waals surface area contributed by atoms with E-state index in [0.717, 1.165) is 16.9 Å². The van der Waals surface area contributed by atoms with Gasteiger partial charge in [-0.25, -0.2) is 9.97 Å². The normalized spacial score (nSPS) is 12.4. The Bertz CT molecular complexity index is 1250. The van der Waals surface area contributed by atoms with Crippen LogP contribution in [0.5, 0.6) is 5.75 Å². The maximum absolute atomic E-state index is 12.7. The van der Waals surface area contributed by atoms with Gasteiger partial charge in [0.15, 0.2) is 5.82 Å². The molecule has 1 aromatic carbocycles. The number of methoxy groups -OCH3 is 1. The first-order chi connectivity index (χ1) is 15.7. The van der Waals surface area contributed by atoms with Crippen LogP contribution < -0.4 is 10.1 Å². The molecule has 0 fully saturated rings. The van der Waals surface area contributed by atoms with Gasteiger partial charge in [0.05, 0.1) is 13.2 Å². The lowest BCUT2D eigenvalue weighted by Gasteiger charge is -2.13. The molecular formula is C24H26N6O3. The first-order valence-corrected chi connectivity index (χ1v) is 10.5. The largest absolute Gasteiger partial charge is 0.497 e. The van der Waals surface area contributed by atoms with Gasteiger partial charge in [-0.05, 0) is 36.8 Å². The first kappa shape index (κ1) is 22.2. The predicted molar refractivity (Wildman–Crippen MR) is 122 cm³/mol. The third kappa shape index (κ3) is 4.92. The Kier molecular flexibility index (Phi) is 5.95. The molecular weight excluding hydrogens is 420 g/mol. The summed E-state index contributed by atoms with van der Waals surface area (Å²) in [5.41, 5.74) is 1.77. The third-order valence-electron chi connectivity index (χ3n) is 5.13. The van der Waals surface area contributed by atoms with Crippen LogP contribution in [0.3, 0.4) is 0 Å². The molecule has 3 heterocycles. The Morgan fingerprint density at radius 1 is 1.15 bits per heavy atom. The molecule has 0 spiro atoms. The van der Waals surface area contributed by atoms with E-state index in [-0.39, 0.29) is 23.1 Å². The van der Waals surface area contributed by atoms with Gasteiger partial charge in [0.1, 0.15) is 23.6 Å². The number of hydrogen-bond acceptors (Lipinski definition) is 7. The lowest BCUT2D eigenvalue weighted by molar-refractivity contribution is 0.0935. The summed E-state index contributed by atoms with van der Waals surface area (Å²) in [6.45, 7) is 7.98. The number of rotatable bonds is 6. The molecule has 33 heavy (non-hydrogen) atoms. The van der Waals surface area contributed by atoms with Crippen LogP contribution in [-0.4, -0.2) is 37.7 Å². The predicted octanol–water partition coefficient (Wildman–Crippen LogP) is 4.11. The van der Waals surface area contributed by atoms with Crippen molar-refractivity contribution in [3.05, 3.63) is 72.2 Å². The first-order valence-electron chi connectivity index (χ1n) is 10.5. The van der Waals surface area contributed by atoms with E-state index in [0.29, 0.717) is 17.5 Å². The highest BCUT2D eigenvalue weighted by atomic mass is 16.5. The molecule has 1 atom stereocenters. The number of nitrogens with one attached hydrogen (secondary N) is 1. The van der Waals surface area contributed by atoms with Gasteiger partial charge in [0, 0.05) is 23.4 Å². The fourth-order valence-electron chi connectivity index (χ4n) is 3.15. The zero-order valence-corrected chi connectivity index (χ0v) is 19.2. The van der Waals surface area contributed by atoms with Gasteiger partial charge >= 0.3 is 0 Å². The minimum absolute atomic E-state index is 0.190. The number of hydrogen-bond donors (Lipinski definition) is 1. The van der Waals surface area contributed by atoms with Crippen LogP contribution in [0.1, 0.15) is 55.6 Å². The summed E-state index contributed by atoms with van der Waals surface area (Å²) in [4.78, 5) is 25.8. The van der Waals surface area contributed by atoms with Crippen molar-refractivity contribution < 1.29 is 14.1 Å². The summed E-state index contributed by atoms with van der Waals surface area (Å²) in [5, 5.41) is 7.03. The molecule has 9 heteroatoms. The molecule has 3 aromatic heterocycles. The lowest BCUT2D eigenvalue weighted by atomic mass is 9.96. The van der Waals surface area contributed by atoms with Crippen LogP contribution in [-0.2, 0) is 5.41 Å². The second kappa shape index (κ2) is 8.85. The molecule has 0 saturated heterocycles. The quantitative estimate of drug-likeness (QED) is 0.475. The van der Waals surface area contributed by atoms with Crippen molar-refractivity contribution in [3.63, 3.8) is 0 Å². The molecule has 0 aliphatic heterocycles. The number of nitrogens with zero attached hydrogens (tertiary/aromatic N) is 5.